The monoisotopic (exact) mass is 120 g/mol. The van der Waals surface area contributed by atoms with Crippen LogP contribution in [-0.2, 0) is 0 Å². The molecule has 0 aliphatic rings. The van der Waals surface area contributed by atoms with Gasteiger partial charge in [0.1, 0.15) is 12.8 Å². The highest BCUT2D eigenvalue weighted by molar-refractivity contribution is 4.68. The van der Waals surface area contributed by atoms with E-state index in [1.165, 1.54) is 0 Å². The Morgan fingerprint density at radius 2 is 2.25 bits per heavy atom. The lowest BCUT2D eigenvalue weighted by molar-refractivity contribution is 0.249. The molecule has 0 radical (unpaired) electrons. The zero-order valence-corrected chi connectivity index (χ0v) is 4.74. The summed E-state index contributed by atoms with van der Waals surface area (Å²) in [5, 5.41) is 0. The summed E-state index contributed by atoms with van der Waals surface area (Å²) in [6, 6.07) is 0. The summed E-state index contributed by atoms with van der Waals surface area (Å²) < 4.78 is 23.2. The van der Waals surface area contributed by atoms with Crippen molar-refractivity contribution in [3.05, 3.63) is 12.7 Å². The zero-order chi connectivity index (χ0) is 6.41. The van der Waals surface area contributed by atoms with Crippen molar-refractivity contribution in [3.8, 4) is 0 Å². The molecule has 0 saturated heterocycles. The van der Waals surface area contributed by atoms with E-state index in [0.29, 0.717) is 6.42 Å². The van der Waals surface area contributed by atoms with Crippen LogP contribution in [0.3, 0.4) is 0 Å². The number of hydrogen-bond donors (Lipinski definition) is 0. The van der Waals surface area contributed by atoms with Gasteiger partial charge in [-0.2, -0.15) is 0 Å². The highest BCUT2D eigenvalue weighted by Crippen LogP contribution is 2.01. The summed E-state index contributed by atoms with van der Waals surface area (Å²) in [6.07, 6.45) is 1.13. The molecule has 0 aliphatic heterocycles. The summed E-state index contributed by atoms with van der Waals surface area (Å²) in [7, 11) is 0. The lowest BCUT2D eigenvalue weighted by Crippen LogP contribution is -2.00. The van der Waals surface area contributed by atoms with E-state index in [0.717, 1.165) is 0 Å². The number of halogens is 2. The predicted octanol–water partition coefficient (Wildman–Crippen LogP) is 2.26. The van der Waals surface area contributed by atoms with E-state index in [4.69, 9.17) is 0 Å². The summed E-state index contributed by atoms with van der Waals surface area (Å²) >= 11 is 0. The van der Waals surface area contributed by atoms with Crippen LogP contribution in [0.1, 0.15) is 12.8 Å². The van der Waals surface area contributed by atoms with Gasteiger partial charge in [0.2, 0.25) is 0 Å². The average Bonchev–Trinajstić information content (AvgIpc) is 1.83. The molecule has 0 aromatic carbocycles. The van der Waals surface area contributed by atoms with Gasteiger partial charge in [-0.25, -0.2) is 8.78 Å². The molecule has 0 aliphatic carbocycles. The first-order valence-electron chi connectivity index (χ1n) is 2.62. The molecule has 0 aromatic heterocycles. The molecule has 0 fully saturated rings. The third-order valence-corrected chi connectivity index (χ3v) is 0.851. The van der Waals surface area contributed by atoms with Gasteiger partial charge in [0.05, 0.1) is 0 Å². The van der Waals surface area contributed by atoms with Crippen molar-refractivity contribution < 1.29 is 8.78 Å². The maximum atomic E-state index is 11.9. The molecule has 48 valence electrons. The fourth-order valence-electron chi connectivity index (χ4n) is 0.376. The van der Waals surface area contributed by atoms with E-state index >= 15 is 0 Å². The van der Waals surface area contributed by atoms with Gasteiger partial charge in [-0.05, 0) is 12.8 Å². The molecule has 8 heavy (non-hydrogen) atoms. The van der Waals surface area contributed by atoms with Crippen molar-refractivity contribution in [2.24, 2.45) is 0 Å². The van der Waals surface area contributed by atoms with Gasteiger partial charge in [0, 0.05) is 0 Å². The van der Waals surface area contributed by atoms with Crippen LogP contribution in [-0.4, -0.2) is 12.8 Å². The molecule has 0 nitrogen and oxygen atoms in total. The Hall–Kier alpha value is -0.400. The maximum Gasteiger partial charge on any atom is 0.129 e. The molecular formula is C6H10F2. The quantitative estimate of drug-likeness (QED) is 0.499. The summed E-state index contributed by atoms with van der Waals surface area (Å²) in [5.74, 6) is 0. The van der Waals surface area contributed by atoms with Crippen molar-refractivity contribution >= 4 is 0 Å². The molecule has 0 amide bonds. The lowest BCUT2D eigenvalue weighted by atomic mass is 10.2. The molecule has 2 heteroatoms. The number of alkyl halides is 2. The molecule has 0 N–H and O–H groups in total. The van der Waals surface area contributed by atoms with Gasteiger partial charge in [-0.1, -0.05) is 6.08 Å². The third kappa shape index (κ3) is 3.78. The molecular weight excluding hydrogens is 110 g/mol. The van der Waals surface area contributed by atoms with Gasteiger partial charge < -0.3 is 0 Å². The van der Waals surface area contributed by atoms with Crippen LogP contribution in [0.5, 0.6) is 0 Å². The SMILES string of the molecule is C=CCCC(F)CF. The summed E-state index contributed by atoms with van der Waals surface area (Å²) in [4.78, 5) is 0. The maximum absolute atomic E-state index is 11.9. The average molecular weight is 120 g/mol. The van der Waals surface area contributed by atoms with E-state index in [2.05, 4.69) is 6.58 Å². The molecule has 1 atom stereocenters. The highest BCUT2D eigenvalue weighted by Gasteiger charge is 2.01. The van der Waals surface area contributed by atoms with Gasteiger partial charge in [0.15, 0.2) is 0 Å². The first-order chi connectivity index (χ1) is 3.81. The van der Waals surface area contributed by atoms with Crippen molar-refractivity contribution in [1.29, 1.82) is 0 Å². The Labute approximate surface area is 48.2 Å². The normalized spacial score (nSPS) is 13.2. The number of hydrogen-bond acceptors (Lipinski definition) is 0. The standard InChI is InChI=1S/C6H10F2/c1-2-3-4-6(8)5-7/h2,6H,1,3-5H2. The largest absolute Gasteiger partial charge is 0.248 e. The van der Waals surface area contributed by atoms with Crippen molar-refractivity contribution in [1.82, 2.24) is 0 Å². The zero-order valence-electron chi connectivity index (χ0n) is 4.74. The van der Waals surface area contributed by atoms with E-state index in [-0.39, 0.29) is 6.42 Å². The van der Waals surface area contributed by atoms with E-state index in [1.54, 1.807) is 6.08 Å². The van der Waals surface area contributed by atoms with Crippen LogP contribution < -0.4 is 0 Å². The topological polar surface area (TPSA) is 0 Å². The lowest BCUT2D eigenvalue weighted by Gasteiger charge is -1.96. The fraction of sp³-hybridized carbons (Fsp3) is 0.667. The van der Waals surface area contributed by atoms with Crippen LogP contribution >= 0.6 is 0 Å². The molecule has 0 spiro atoms. The second-order valence-corrected chi connectivity index (χ2v) is 1.62. The Kier molecular flexibility index (Phi) is 4.51. The van der Waals surface area contributed by atoms with Crippen LogP contribution in [0, 0.1) is 0 Å². The Bertz CT molecular complexity index is 61.5. The molecule has 1 unspecified atom stereocenters. The number of rotatable bonds is 4. The van der Waals surface area contributed by atoms with E-state index in [1.807, 2.05) is 0 Å². The first kappa shape index (κ1) is 7.60. The Balaban J connectivity index is 2.97. The molecule has 0 heterocycles. The first-order valence-corrected chi connectivity index (χ1v) is 2.62. The van der Waals surface area contributed by atoms with E-state index < -0.39 is 12.8 Å². The smallest absolute Gasteiger partial charge is 0.129 e. The van der Waals surface area contributed by atoms with Crippen LogP contribution in [0.15, 0.2) is 12.7 Å². The summed E-state index contributed by atoms with van der Waals surface area (Å²) in [5.41, 5.74) is 0. The van der Waals surface area contributed by atoms with E-state index in [9.17, 15) is 8.78 Å². The minimum atomic E-state index is -1.28. The van der Waals surface area contributed by atoms with Crippen molar-refractivity contribution in [2.45, 2.75) is 19.0 Å². The second-order valence-electron chi connectivity index (χ2n) is 1.62. The Morgan fingerprint density at radius 1 is 1.62 bits per heavy atom. The van der Waals surface area contributed by atoms with Crippen LogP contribution in [0.2, 0.25) is 0 Å². The third-order valence-electron chi connectivity index (χ3n) is 0.851. The van der Waals surface area contributed by atoms with Crippen LogP contribution in [0.4, 0.5) is 8.78 Å². The van der Waals surface area contributed by atoms with Crippen LogP contribution in [0.25, 0.3) is 0 Å². The molecule has 0 saturated carbocycles. The van der Waals surface area contributed by atoms with Crippen molar-refractivity contribution in [2.75, 3.05) is 6.67 Å². The van der Waals surface area contributed by atoms with Gasteiger partial charge in [-0.3, -0.25) is 0 Å². The Morgan fingerprint density at radius 3 is 2.62 bits per heavy atom. The highest BCUT2D eigenvalue weighted by atomic mass is 19.2. The second kappa shape index (κ2) is 4.75. The molecule has 0 bridgehead atoms. The minimum absolute atomic E-state index is 0.264. The molecule has 0 rings (SSSR count). The van der Waals surface area contributed by atoms with Gasteiger partial charge in [0.25, 0.3) is 0 Å². The van der Waals surface area contributed by atoms with Gasteiger partial charge in [-0.15, -0.1) is 6.58 Å². The minimum Gasteiger partial charge on any atom is -0.248 e. The fourth-order valence-corrected chi connectivity index (χ4v) is 0.376. The van der Waals surface area contributed by atoms with Gasteiger partial charge >= 0.3 is 0 Å². The van der Waals surface area contributed by atoms with Crippen molar-refractivity contribution in [3.63, 3.8) is 0 Å². The predicted molar refractivity (Wildman–Crippen MR) is 30.3 cm³/mol. The molecule has 0 aromatic rings. The summed E-state index contributed by atoms with van der Waals surface area (Å²) in [6.45, 7) is 2.51. The number of allylic oxidation sites excluding steroid dienone is 1.